The van der Waals surface area contributed by atoms with Crippen LogP contribution < -0.4 is 14.8 Å². The second kappa shape index (κ2) is 12.6. The molecule has 1 aromatic heterocycles. The number of carbonyl (C=O) groups excluding carboxylic acids is 2. The average molecular weight is 498 g/mol. The van der Waals surface area contributed by atoms with Crippen molar-refractivity contribution in [1.29, 1.82) is 0 Å². The van der Waals surface area contributed by atoms with Crippen LogP contribution in [-0.2, 0) is 17.8 Å². The number of hydrogen-bond acceptors (Lipinski definition) is 5. The van der Waals surface area contributed by atoms with Gasteiger partial charge < -0.3 is 29.0 Å². The summed E-state index contributed by atoms with van der Waals surface area (Å²) in [5.41, 5.74) is 1.29. The van der Waals surface area contributed by atoms with Gasteiger partial charge >= 0.3 is 6.03 Å². The zero-order valence-electron chi connectivity index (χ0n) is 21.0. The Kier molecular flexibility index (Phi) is 9.32. The van der Waals surface area contributed by atoms with Gasteiger partial charge in [-0.2, -0.15) is 0 Å². The zero-order chi connectivity index (χ0) is 26.1. The molecule has 0 saturated heterocycles. The summed E-state index contributed by atoms with van der Waals surface area (Å²) in [7, 11) is 3.15. The van der Waals surface area contributed by atoms with Gasteiger partial charge in [0.05, 0.1) is 27.0 Å². The lowest BCUT2D eigenvalue weighted by atomic mass is 10.1. The van der Waals surface area contributed by atoms with Crippen molar-refractivity contribution in [1.82, 2.24) is 9.80 Å². The summed E-state index contributed by atoms with van der Waals surface area (Å²) in [6, 6.07) is 14.1. The summed E-state index contributed by atoms with van der Waals surface area (Å²) in [6.45, 7) is 4.15. The van der Waals surface area contributed by atoms with E-state index in [1.807, 2.05) is 32.0 Å². The molecule has 0 saturated carbocycles. The summed E-state index contributed by atoms with van der Waals surface area (Å²) in [6.07, 6.45) is 2.11. The van der Waals surface area contributed by atoms with E-state index >= 15 is 0 Å². The van der Waals surface area contributed by atoms with Crippen molar-refractivity contribution in [2.75, 3.05) is 32.6 Å². The number of amides is 3. The quantitative estimate of drug-likeness (QED) is 0.405. The summed E-state index contributed by atoms with van der Waals surface area (Å²) in [5.74, 6) is 1.17. The maximum Gasteiger partial charge on any atom is 0.322 e. The van der Waals surface area contributed by atoms with Gasteiger partial charge in [0.25, 0.3) is 0 Å². The van der Waals surface area contributed by atoms with Gasteiger partial charge in [-0.15, -0.1) is 0 Å². The number of rotatable bonds is 11. The van der Waals surface area contributed by atoms with E-state index in [1.165, 1.54) is 23.1 Å². The predicted octanol–water partition coefficient (Wildman–Crippen LogP) is 4.95. The highest BCUT2D eigenvalue weighted by molar-refractivity contribution is 5.92. The molecule has 1 heterocycles. The molecule has 0 aliphatic carbocycles. The monoisotopic (exact) mass is 497 g/mol. The molecule has 0 fully saturated rings. The van der Waals surface area contributed by atoms with E-state index in [2.05, 4.69) is 5.32 Å². The van der Waals surface area contributed by atoms with Crippen molar-refractivity contribution in [2.45, 2.75) is 32.9 Å². The van der Waals surface area contributed by atoms with Crippen LogP contribution in [0.15, 0.2) is 65.3 Å². The maximum atomic E-state index is 13.5. The molecule has 2 aromatic carbocycles. The first kappa shape index (κ1) is 26.6. The summed E-state index contributed by atoms with van der Waals surface area (Å²) >= 11 is 0. The number of halogens is 1. The number of furan rings is 1. The van der Waals surface area contributed by atoms with Crippen molar-refractivity contribution in [3.05, 3.63) is 78.0 Å². The molecule has 0 atom stereocenters. The van der Waals surface area contributed by atoms with Crippen LogP contribution in [0.3, 0.4) is 0 Å². The Labute approximate surface area is 210 Å². The number of ether oxygens (including phenoxy) is 2. The van der Waals surface area contributed by atoms with E-state index < -0.39 is 11.8 Å². The molecule has 192 valence electrons. The molecule has 0 unspecified atom stereocenters. The molecule has 0 aliphatic heterocycles. The van der Waals surface area contributed by atoms with Crippen LogP contribution in [0.4, 0.5) is 14.9 Å². The standard InChI is InChI=1S/C27H32FN3O5/c1-19(2)31(27(33)29-22-8-5-7-21(28)16-22)18-26(32)30(17-23-9-6-14-36-23)13-12-20-10-11-24(34-3)25(15-20)35-4/h5-11,14-16,19H,12-13,17-18H2,1-4H3,(H,29,33). The Morgan fingerprint density at radius 3 is 2.44 bits per heavy atom. The van der Waals surface area contributed by atoms with E-state index in [9.17, 15) is 14.0 Å². The highest BCUT2D eigenvalue weighted by Crippen LogP contribution is 2.28. The van der Waals surface area contributed by atoms with Gasteiger partial charge in [0, 0.05) is 18.3 Å². The molecule has 36 heavy (non-hydrogen) atoms. The largest absolute Gasteiger partial charge is 0.493 e. The molecule has 3 aromatic rings. The third-order valence-corrected chi connectivity index (χ3v) is 5.66. The van der Waals surface area contributed by atoms with Gasteiger partial charge in [0.1, 0.15) is 18.1 Å². The number of carbonyl (C=O) groups is 2. The van der Waals surface area contributed by atoms with Crippen LogP contribution in [0.1, 0.15) is 25.2 Å². The van der Waals surface area contributed by atoms with Gasteiger partial charge in [0.2, 0.25) is 5.91 Å². The van der Waals surface area contributed by atoms with Crippen LogP contribution in [0.5, 0.6) is 11.5 Å². The first-order valence-corrected chi connectivity index (χ1v) is 11.6. The van der Waals surface area contributed by atoms with Crippen molar-refractivity contribution in [3.8, 4) is 11.5 Å². The van der Waals surface area contributed by atoms with Crippen LogP contribution in [0.25, 0.3) is 0 Å². The molecular formula is C27H32FN3O5. The fourth-order valence-electron chi connectivity index (χ4n) is 3.68. The second-order valence-corrected chi connectivity index (χ2v) is 8.50. The van der Waals surface area contributed by atoms with Gasteiger partial charge in [-0.05, 0) is 68.3 Å². The zero-order valence-corrected chi connectivity index (χ0v) is 21.0. The van der Waals surface area contributed by atoms with Gasteiger partial charge in [-0.1, -0.05) is 12.1 Å². The number of urea groups is 1. The predicted molar refractivity (Wildman–Crippen MR) is 135 cm³/mol. The Hall–Kier alpha value is -4.01. The van der Waals surface area contributed by atoms with Crippen LogP contribution in [0, 0.1) is 5.82 Å². The Morgan fingerprint density at radius 1 is 1.03 bits per heavy atom. The Bertz CT molecular complexity index is 1150. The van der Waals surface area contributed by atoms with Crippen molar-refractivity contribution < 1.29 is 27.9 Å². The van der Waals surface area contributed by atoms with Crippen LogP contribution >= 0.6 is 0 Å². The van der Waals surface area contributed by atoms with E-state index in [1.54, 1.807) is 43.6 Å². The summed E-state index contributed by atoms with van der Waals surface area (Å²) in [5, 5.41) is 2.67. The minimum atomic E-state index is -0.484. The third-order valence-electron chi connectivity index (χ3n) is 5.66. The fraction of sp³-hybridized carbons (Fsp3) is 0.333. The Balaban J connectivity index is 1.73. The highest BCUT2D eigenvalue weighted by atomic mass is 19.1. The fourth-order valence-corrected chi connectivity index (χ4v) is 3.68. The molecule has 0 bridgehead atoms. The molecule has 1 N–H and O–H groups in total. The van der Waals surface area contributed by atoms with Gasteiger partial charge in [-0.3, -0.25) is 4.79 Å². The second-order valence-electron chi connectivity index (χ2n) is 8.50. The highest BCUT2D eigenvalue weighted by Gasteiger charge is 2.24. The number of anilines is 1. The third kappa shape index (κ3) is 7.24. The van der Waals surface area contributed by atoms with Crippen LogP contribution in [-0.4, -0.2) is 55.1 Å². The van der Waals surface area contributed by atoms with E-state index in [4.69, 9.17) is 13.9 Å². The molecule has 0 spiro atoms. The lowest BCUT2D eigenvalue weighted by Crippen LogP contribution is -2.47. The topological polar surface area (TPSA) is 84.2 Å². The lowest BCUT2D eigenvalue weighted by Gasteiger charge is -2.30. The van der Waals surface area contributed by atoms with Gasteiger partial charge in [-0.25, -0.2) is 9.18 Å². The number of hydrogen-bond donors (Lipinski definition) is 1. The molecule has 9 heteroatoms. The van der Waals surface area contributed by atoms with Crippen molar-refractivity contribution in [3.63, 3.8) is 0 Å². The molecule has 3 rings (SSSR count). The number of nitrogens with zero attached hydrogens (tertiary/aromatic N) is 2. The molecule has 8 nitrogen and oxygen atoms in total. The van der Waals surface area contributed by atoms with Gasteiger partial charge in [0.15, 0.2) is 11.5 Å². The van der Waals surface area contributed by atoms with Crippen molar-refractivity contribution in [2.24, 2.45) is 0 Å². The van der Waals surface area contributed by atoms with E-state index in [0.29, 0.717) is 35.9 Å². The SMILES string of the molecule is COc1ccc(CCN(Cc2ccco2)C(=O)CN(C(=O)Nc2cccc(F)c2)C(C)C)cc1OC. The Morgan fingerprint density at radius 2 is 1.81 bits per heavy atom. The minimum Gasteiger partial charge on any atom is -0.493 e. The number of nitrogens with one attached hydrogen (secondary N) is 1. The molecular weight excluding hydrogens is 465 g/mol. The van der Waals surface area contributed by atoms with Crippen LogP contribution in [0.2, 0.25) is 0 Å². The number of benzene rings is 2. The molecule has 0 aliphatic rings. The normalized spacial score (nSPS) is 10.7. The first-order valence-electron chi connectivity index (χ1n) is 11.6. The minimum absolute atomic E-state index is 0.147. The van der Waals surface area contributed by atoms with Crippen molar-refractivity contribution >= 4 is 17.6 Å². The van der Waals surface area contributed by atoms with E-state index in [0.717, 1.165) is 5.56 Å². The maximum absolute atomic E-state index is 13.5. The summed E-state index contributed by atoms with van der Waals surface area (Å²) < 4.78 is 29.7. The smallest absolute Gasteiger partial charge is 0.322 e. The van der Waals surface area contributed by atoms with E-state index in [-0.39, 0.29) is 25.0 Å². The molecule has 3 amide bonds. The lowest BCUT2D eigenvalue weighted by molar-refractivity contribution is -0.133. The first-order chi connectivity index (χ1) is 17.3. The molecule has 0 radical (unpaired) electrons. The number of methoxy groups -OCH3 is 2. The summed E-state index contributed by atoms with van der Waals surface area (Å²) in [4.78, 5) is 29.4. The average Bonchev–Trinajstić information content (AvgIpc) is 3.37.